The molecule has 0 aromatic heterocycles. The van der Waals surface area contributed by atoms with E-state index in [-0.39, 0.29) is 12.5 Å². The summed E-state index contributed by atoms with van der Waals surface area (Å²) in [5.41, 5.74) is 1.97. The highest BCUT2D eigenvalue weighted by Gasteiger charge is 2.14. The van der Waals surface area contributed by atoms with Gasteiger partial charge in [0.1, 0.15) is 5.75 Å². The van der Waals surface area contributed by atoms with E-state index in [0.29, 0.717) is 15.8 Å². The number of hydrogen-bond donors (Lipinski definition) is 1. The van der Waals surface area contributed by atoms with Crippen LogP contribution in [0.15, 0.2) is 42.5 Å². The maximum Gasteiger partial charge on any atom is 0.262 e. The number of ether oxygens (including phenoxy) is 1. The maximum atomic E-state index is 12.1. The normalized spacial score (nSPS) is 15.5. The smallest absolute Gasteiger partial charge is 0.262 e. The summed E-state index contributed by atoms with van der Waals surface area (Å²) in [6.45, 7) is 5.16. The van der Waals surface area contributed by atoms with Gasteiger partial charge in [0.05, 0.1) is 5.02 Å². The Morgan fingerprint density at radius 2 is 1.78 bits per heavy atom. The Bertz CT molecular complexity index is 775. The number of halogens is 2. The van der Waals surface area contributed by atoms with E-state index in [1.807, 2.05) is 24.3 Å². The van der Waals surface area contributed by atoms with Crippen molar-refractivity contribution in [3.63, 3.8) is 0 Å². The summed E-state index contributed by atoms with van der Waals surface area (Å²) < 4.78 is 5.45. The largest absolute Gasteiger partial charge is 0.482 e. The topological polar surface area (TPSA) is 44.8 Å². The van der Waals surface area contributed by atoms with Gasteiger partial charge in [-0.25, -0.2) is 0 Å². The molecule has 1 aliphatic rings. The van der Waals surface area contributed by atoms with Crippen molar-refractivity contribution < 1.29 is 9.53 Å². The van der Waals surface area contributed by atoms with Gasteiger partial charge >= 0.3 is 0 Å². The molecule has 0 spiro atoms. The fourth-order valence-electron chi connectivity index (χ4n) is 2.89. The first-order valence-electron chi connectivity index (χ1n) is 8.87. The van der Waals surface area contributed by atoms with Gasteiger partial charge in [0, 0.05) is 49.5 Å². The van der Waals surface area contributed by atoms with Crippen molar-refractivity contribution in [1.82, 2.24) is 9.80 Å². The van der Waals surface area contributed by atoms with Gasteiger partial charge in [-0.05, 0) is 36.9 Å². The number of amides is 1. The quantitative estimate of drug-likeness (QED) is 0.791. The number of carbonyl (C=O) groups is 1. The zero-order valence-corrected chi connectivity index (χ0v) is 16.8. The van der Waals surface area contributed by atoms with Crippen molar-refractivity contribution in [3.8, 4) is 5.75 Å². The molecule has 5 nitrogen and oxygen atoms in total. The fraction of sp³-hybridized carbons (Fsp3) is 0.350. The predicted octanol–water partition coefficient (Wildman–Crippen LogP) is 3.76. The van der Waals surface area contributed by atoms with E-state index in [9.17, 15) is 4.79 Å². The molecule has 1 amide bonds. The van der Waals surface area contributed by atoms with E-state index >= 15 is 0 Å². The average molecular weight is 408 g/mol. The minimum atomic E-state index is -0.252. The SMILES string of the molecule is CN1CCN(Cc2ccc(NC(=O)COc3cc(Cl)ccc3Cl)cc2)CC1. The highest BCUT2D eigenvalue weighted by Crippen LogP contribution is 2.27. The number of hydrogen-bond acceptors (Lipinski definition) is 4. The minimum Gasteiger partial charge on any atom is -0.482 e. The maximum absolute atomic E-state index is 12.1. The van der Waals surface area contributed by atoms with Crippen molar-refractivity contribution in [2.45, 2.75) is 6.54 Å². The van der Waals surface area contributed by atoms with E-state index in [0.717, 1.165) is 38.4 Å². The molecule has 0 aliphatic carbocycles. The Balaban J connectivity index is 1.47. The zero-order valence-electron chi connectivity index (χ0n) is 15.3. The second kappa shape index (κ2) is 9.42. The van der Waals surface area contributed by atoms with Crippen LogP contribution in [0.4, 0.5) is 5.69 Å². The lowest BCUT2D eigenvalue weighted by Gasteiger charge is -2.32. The van der Waals surface area contributed by atoms with Crippen LogP contribution in [0.2, 0.25) is 10.0 Å². The van der Waals surface area contributed by atoms with Crippen molar-refractivity contribution in [1.29, 1.82) is 0 Å². The lowest BCUT2D eigenvalue weighted by molar-refractivity contribution is -0.118. The number of piperazine rings is 1. The first-order valence-corrected chi connectivity index (χ1v) is 9.63. The number of nitrogens with one attached hydrogen (secondary N) is 1. The molecule has 1 fully saturated rings. The number of rotatable bonds is 6. The lowest BCUT2D eigenvalue weighted by atomic mass is 10.2. The molecule has 7 heteroatoms. The first kappa shape index (κ1) is 20.0. The highest BCUT2D eigenvalue weighted by atomic mass is 35.5. The van der Waals surface area contributed by atoms with Gasteiger partial charge in [-0.1, -0.05) is 35.3 Å². The summed E-state index contributed by atoms with van der Waals surface area (Å²) in [6.07, 6.45) is 0. The fourth-order valence-corrected chi connectivity index (χ4v) is 3.22. The molecule has 0 radical (unpaired) electrons. The predicted molar refractivity (Wildman–Crippen MR) is 110 cm³/mol. The Labute approximate surface area is 169 Å². The van der Waals surface area contributed by atoms with Crippen LogP contribution >= 0.6 is 23.2 Å². The van der Waals surface area contributed by atoms with Gasteiger partial charge in [-0.2, -0.15) is 0 Å². The van der Waals surface area contributed by atoms with Crippen molar-refractivity contribution in [3.05, 3.63) is 58.1 Å². The zero-order chi connectivity index (χ0) is 19.2. The molecule has 2 aromatic rings. The average Bonchev–Trinajstić information content (AvgIpc) is 2.66. The van der Waals surface area contributed by atoms with Crippen molar-refractivity contribution >= 4 is 34.8 Å². The van der Waals surface area contributed by atoms with Gasteiger partial charge in [0.15, 0.2) is 6.61 Å². The van der Waals surface area contributed by atoms with Crippen LogP contribution in [0.1, 0.15) is 5.56 Å². The first-order chi connectivity index (χ1) is 13.0. The summed E-state index contributed by atoms with van der Waals surface area (Å²) in [5.74, 6) is 0.139. The van der Waals surface area contributed by atoms with Crippen molar-refractivity contribution in [2.75, 3.05) is 45.2 Å². The number of anilines is 1. The van der Waals surface area contributed by atoms with E-state index in [2.05, 4.69) is 22.2 Å². The number of likely N-dealkylation sites (N-methyl/N-ethyl adjacent to an activating group) is 1. The third-order valence-electron chi connectivity index (χ3n) is 4.49. The molecule has 0 bridgehead atoms. The molecule has 1 N–H and O–H groups in total. The summed E-state index contributed by atoms with van der Waals surface area (Å²) >= 11 is 11.9. The molecular weight excluding hydrogens is 385 g/mol. The Morgan fingerprint density at radius 1 is 1.07 bits per heavy atom. The van der Waals surface area contributed by atoms with Crippen LogP contribution < -0.4 is 10.1 Å². The Hall–Kier alpha value is -1.79. The number of benzene rings is 2. The second-order valence-electron chi connectivity index (χ2n) is 6.69. The molecule has 0 unspecified atom stereocenters. The van der Waals surface area contributed by atoms with Gasteiger partial charge < -0.3 is 15.0 Å². The molecule has 3 rings (SSSR count). The minimum absolute atomic E-state index is 0.136. The Morgan fingerprint density at radius 3 is 2.48 bits per heavy atom. The van der Waals surface area contributed by atoms with E-state index in [1.54, 1.807) is 18.2 Å². The molecule has 1 heterocycles. The van der Waals surface area contributed by atoms with Crippen LogP contribution in [0, 0.1) is 0 Å². The van der Waals surface area contributed by atoms with E-state index < -0.39 is 0 Å². The third kappa shape index (κ3) is 6.11. The second-order valence-corrected chi connectivity index (χ2v) is 7.53. The van der Waals surface area contributed by atoms with E-state index in [4.69, 9.17) is 27.9 Å². The molecular formula is C20H23Cl2N3O2. The molecule has 0 atom stereocenters. The highest BCUT2D eigenvalue weighted by molar-refractivity contribution is 6.34. The van der Waals surface area contributed by atoms with Crippen LogP contribution in [-0.2, 0) is 11.3 Å². The number of nitrogens with zero attached hydrogens (tertiary/aromatic N) is 2. The van der Waals surface area contributed by atoms with Crippen LogP contribution in [0.5, 0.6) is 5.75 Å². The molecule has 2 aromatic carbocycles. The third-order valence-corrected chi connectivity index (χ3v) is 5.04. The van der Waals surface area contributed by atoms with Crippen molar-refractivity contribution in [2.24, 2.45) is 0 Å². The van der Waals surface area contributed by atoms with Gasteiger partial charge in [-0.3, -0.25) is 9.69 Å². The molecule has 1 aliphatic heterocycles. The van der Waals surface area contributed by atoms with Crippen LogP contribution in [-0.4, -0.2) is 55.5 Å². The summed E-state index contributed by atoms with van der Waals surface area (Å²) in [7, 11) is 2.15. The lowest BCUT2D eigenvalue weighted by Crippen LogP contribution is -2.43. The monoisotopic (exact) mass is 407 g/mol. The number of carbonyl (C=O) groups excluding carboxylic acids is 1. The molecule has 144 valence electrons. The van der Waals surface area contributed by atoms with Gasteiger partial charge in [0.2, 0.25) is 0 Å². The summed E-state index contributed by atoms with van der Waals surface area (Å²) in [4.78, 5) is 16.9. The van der Waals surface area contributed by atoms with Crippen LogP contribution in [0.25, 0.3) is 0 Å². The molecule has 1 saturated heterocycles. The van der Waals surface area contributed by atoms with Gasteiger partial charge in [0.25, 0.3) is 5.91 Å². The van der Waals surface area contributed by atoms with Crippen LogP contribution in [0.3, 0.4) is 0 Å². The molecule has 27 heavy (non-hydrogen) atoms. The standard InChI is InChI=1S/C20H23Cl2N3O2/c1-24-8-10-25(11-9-24)13-15-2-5-17(6-3-15)23-20(26)14-27-19-12-16(21)4-7-18(19)22/h2-7,12H,8-11,13-14H2,1H3,(H,23,26). The Kier molecular flexibility index (Phi) is 6.96. The van der Waals surface area contributed by atoms with Gasteiger partial charge in [-0.15, -0.1) is 0 Å². The summed E-state index contributed by atoms with van der Waals surface area (Å²) in [6, 6.07) is 12.8. The molecule has 0 saturated carbocycles. The summed E-state index contributed by atoms with van der Waals surface area (Å²) in [5, 5.41) is 3.75. The van der Waals surface area contributed by atoms with E-state index in [1.165, 1.54) is 5.56 Å².